The van der Waals surface area contributed by atoms with Gasteiger partial charge in [0.25, 0.3) is 0 Å². The molecule has 0 spiro atoms. The molecule has 0 fully saturated rings. The molecule has 0 aliphatic heterocycles. The van der Waals surface area contributed by atoms with Crippen LogP contribution in [-0.4, -0.2) is 25.7 Å². The molecule has 0 aliphatic rings. The van der Waals surface area contributed by atoms with Crippen LogP contribution in [0.3, 0.4) is 0 Å². The van der Waals surface area contributed by atoms with E-state index in [0.29, 0.717) is 22.8 Å². The van der Waals surface area contributed by atoms with E-state index in [1.807, 2.05) is 12.1 Å². The minimum absolute atomic E-state index is 0. The minimum Gasteiger partial charge on any atom is -0.360 e. The fourth-order valence-electron chi connectivity index (χ4n) is 2.48. The van der Waals surface area contributed by atoms with Gasteiger partial charge in [0.15, 0.2) is 0 Å². The van der Waals surface area contributed by atoms with Crippen molar-refractivity contribution >= 4 is 5.78 Å². The van der Waals surface area contributed by atoms with E-state index in [1.54, 1.807) is 61.2 Å². The van der Waals surface area contributed by atoms with Crippen molar-refractivity contribution < 1.29 is 25.9 Å². The van der Waals surface area contributed by atoms with E-state index in [1.165, 1.54) is 0 Å². The summed E-state index contributed by atoms with van der Waals surface area (Å²) < 4.78 is 0. The summed E-state index contributed by atoms with van der Waals surface area (Å²) in [4.78, 5) is 29.8. The zero-order valence-electron chi connectivity index (χ0n) is 13.9. The Morgan fingerprint density at radius 2 is 1.22 bits per heavy atom. The van der Waals surface area contributed by atoms with Crippen molar-refractivity contribution in [3.05, 3.63) is 96.8 Å². The topological polar surface area (TPSA) is 68.6 Å². The van der Waals surface area contributed by atoms with Crippen molar-refractivity contribution in [2.75, 3.05) is 0 Å². The first kappa shape index (κ1) is 18.7. The molecule has 0 atom stereocenters. The standard InChI is InChI=1S/C21H12N4O.Pt/c26-21(19-9-1-7-17(24-19)15-5-3-11-22-13-15)20-10-2-8-18(25-20)16-6-4-12-23-14-16;/h1-4,7-14H;/q-2;+2. The Bertz CT molecular complexity index is 971. The third-order valence-electron chi connectivity index (χ3n) is 3.72. The number of carbonyl (C=O) groups is 1. The van der Waals surface area contributed by atoms with Crippen LogP contribution < -0.4 is 0 Å². The van der Waals surface area contributed by atoms with Crippen LogP contribution in [0.2, 0.25) is 0 Å². The van der Waals surface area contributed by atoms with E-state index >= 15 is 0 Å². The monoisotopic (exact) mass is 531 g/mol. The maximum absolute atomic E-state index is 12.8. The van der Waals surface area contributed by atoms with Crippen LogP contribution in [0.4, 0.5) is 0 Å². The molecule has 0 saturated carbocycles. The molecular formula is C21H12N4OPt. The molecule has 5 nitrogen and oxygen atoms in total. The molecule has 4 heterocycles. The molecule has 0 radical (unpaired) electrons. The van der Waals surface area contributed by atoms with Gasteiger partial charge in [-0.25, -0.2) is 0 Å². The molecule has 4 aromatic heterocycles. The first-order valence-electron chi connectivity index (χ1n) is 7.94. The predicted molar refractivity (Wildman–Crippen MR) is 96.0 cm³/mol. The van der Waals surface area contributed by atoms with Gasteiger partial charge in [-0.05, 0) is 23.5 Å². The van der Waals surface area contributed by atoms with Gasteiger partial charge >= 0.3 is 21.1 Å². The Labute approximate surface area is 170 Å². The normalized spacial score (nSPS) is 10.1. The maximum Gasteiger partial charge on any atom is 2.00 e. The first-order valence-corrected chi connectivity index (χ1v) is 7.94. The second-order valence-corrected chi connectivity index (χ2v) is 5.45. The number of nitrogens with zero attached hydrogens (tertiary/aromatic N) is 4. The summed E-state index contributed by atoms with van der Waals surface area (Å²) in [5, 5.41) is 0. The van der Waals surface area contributed by atoms with Crippen LogP contribution in [0.1, 0.15) is 16.2 Å². The van der Waals surface area contributed by atoms with Gasteiger partial charge in [-0.2, -0.15) is 0 Å². The molecule has 0 aliphatic carbocycles. The summed E-state index contributed by atoms with van der Waals surface area (Å²) in [5.41, 5.74) is 3.38. The van der Waals surface area contributed by atoms with Crippen molar-refractivity contribution in [3.8, 4) is 22.5 Å². The Hall–Kier alpha value is -3.04. The van der Waals surface area contributed by atoms with Gasteiger partial charge in [0.1, 0.15) is 11.4 Å². The van der Waals surface area contributed by atoms with E-state index in [0.717, 1.165) is 11.1 Å². The van der Waals surface area contributed by atoms with Crippen molar-refractivity contribution in [1.29, 1.82) is 0 Å². The van der Waals surface area contributed by atoms with Crippen LogP contribution in [0.25, 0.3) is 22.5 Å². The molecule has 6 heteroatoms. The first-order chi connectivity index (χ1) is 12.8. The summed E-state index contributed by atoms with van der Waals surface area (Å²) in [5.74, 6) is -0.249. The molecular weight excluding hydrogens is 519 g/mol. The van der Waals surface area contributed by atoms with E-state index in [-0.39, 0.29) is 26.8 Å². The third-order valence-corrected chi connectivity index (χ3v) is 3.72. The fourth-order valence-corrected chi connectivity index (χ4v) is 2.48. The number of carbonyl (C=O) groups excluding carboxylic acids is 1. The smallest absolute Gasteiger partial charge is 0.360 e. The van der Waals surface area contributed by atoms with Crippen LogP contribution in [-0.2, 0) is 21.1 Å². The van der Waals surface area contributed by atoms with Crippen molar-refractivity contribution in [3.63, 3.8) is 0 Å². The molecule has 132 valence electrons. The molecule has 0 saturated heterocycles. The van der Waals surface area contributed by atoms with Gasteiger partial charge in [0.05, 0.1) is 0 Å². The molecule has 0 aromatic carbocycles. The van der Waals surface area contributed by atoms with Gasteiger partial charge in [0.2, 0.25) is 5.78 Å². The van der Waals surface area contributed by atoms with Gasteiger partial charge < -0.3 is 9.97 Å². The van der Waals surface area contributed by atoms with Crippen molar-refractivity contribution in [2.24, 2.45) is 0 Å². The SMILES string of the molecule is O=C(c1cccc(-c2[c-]ccnc2)n1)c1cccc(-c2[c-]ccnc2)n1.[Pt+2]. The van der Waals surface area contributed by atoms with Crippen molar-refractivity contribution in [1.82, 2.24) is 19.9 Å². The van der Waals surface area contributed by atoms with Crippen LogP contribution in [0.15, 0.2) is 73.3 Å². The summed E-state index contributed by atoms with van der Waals surface area (Å²) in [6, 6.07) is 20.1. The zero-order chi connectivity index (χ0) is 17.8. The Morgan fingerprint density at radius 1 is 0.741 bits per heavy atom. The number of ketones is 1. The van der Waals surface area contributed by atoms with Gasteiger partial charge in [-0.15, -0.1) is 35.4 Å². The van der Waals surface area contributed by atoms with Gasteiger partial charge in [-0.3, -0.25) is 14.8 Å². The van der Waals surface area contributed by atoms with E-state index < -0.39 is 0 Å². The zero-order valence-corrected chi connectivity index (χ0v) is 16.2. The summed E-state index contributed by atoms with van der Waals surface area (Å²) >= 11 is 0. The number of hydrogen-bond donors (Lipinski definition) is 0. The predicted octanol–water partition coefficient (Wildman–Crippen LogP) is 3.43. The van der Waals surface area contributed by atoms with Crippen LogP contribution in [0, 0.1) is 12.1 Å². The average Bonchev–Trinajstić information content (AvgIpc) is 2.75. The fraction of sp³-hybridized carbons (Fsp3) is 0. The maximum atomic E-state index is 12.8. The Balaban J connectivity index is 0.00000210. The molecule has 4 rings (SSSR count). The average molecular weight is 531 g/mol. The van der Waals surface area contributed by atoms with E-state index in [9.17, 15) is 4.79 Å². The van der Waals surface area contributed by atoms with Gasteiger partial charge in [0, 0.05) is 0 Å². The molecule has 0 bridgehead atoms. The van der Waals surface area contributed by atoms with E-state index in [2.05, 4.69) is 32.1 Å². The van der Waals surface area contributed by atoms with Crippen molar-refractivity contribution in [2.45, 2.75) is 0 Å². The Kier molecular flexibility index (Phi) is 5.94. The van der Waals surface area contributed by atoms with Crippen LogP contribution in [0.5, 0.6) is 0 Å². The molecule has 0 unspecified atom stereocenters. The summed E-state index contributed by atoms with van der Waals surface area (Å²) in [6.07, 6.45) is 6.61. The molecule has 0 N–H and O–H groups in total. The number of hydrogen-bond acceptors (Lipinski definition) is 5. The molecule has 4 aromatic rings. The minimum atomic E-state index is -0.249. The second kappa shape index (κ2) is 8.56. The summed E-state index contributed by atoms with van der Waals surface area (Å²) in [7, 11) is 0. The third kappa shape index (κ3) is 4.21. The quantitative estimate of drug-likeness (QED) is 0.298. The second-order valence-electron chi connectivity index (χ2n) is 5.45. The number of pyridine rings is 4. The van der Waals surface area contributed by atoms with Gasteiger partial charge in [-0.1, -0.05) is 49.1 Å². The number of rotatable bonds is 4. The Morgan fingerprint density at radius 3 is 1.63 bits per heavy atom. The van der Waals surface area contributed by atoms with Crippen LogP contribution >= 0.6 is 0 Å². The molecule has 27 heavy (non-hydrogen) atoms. The number of aromatic nitrogens is 4. The van der Waals surface area contributed by atoms with E-state index in [4.69, 9.17) is 0 Å². The summed E-state index contributed by atoms with van der Waals surface area (Å²) in [6.45, 7) is 0. The molecule has 0 amide bonds. The largest absolute Gasteiger partial charge is 2.00 e.